The molecule has 1 rings (SSSR count). The minimum atomic E-state index is -0.212. The number of benzene rings is 1. The van der Waals surface area contributed by atoms with Gasteiger partial charge in [0.05, 0.1) is 6.10 Å². The molecule has 1 aromatic rings. The predicted octanol–water partition coefficient (Wildman–Crippen LogP) is 2.80. The molecule has 0 amide bonds. The minimum absolute atomic E-state index is 0.212. The molecule has 13 heavy (non-hydrogen) atoms. The van der Waals surface area contributed by atoms with Crippen molar-refractivity contribution in [2.45, 2.75) is 24.8 Å². The summed E-state index contributed by atoms with van der Waals surface area (Å²) in [6.45, 7) is 3.91. The number of hydrogen-bond acceptors (Lipinski definition) is 2. The molecule has 0 radical (unpaired) electrons. The zero-order valence-corrected chi connectivity index (χ0v) is 8.92. The summed E-state index contributed by atoms with van der Waals surface area (Å²) in [6.07, 6.45) is -0.212. The summed E-state index contributed by atoms with van der Waals surface area (Å²) < 4.78 is 0. The van der Waals surface area contributed by atoms with Gasteiger partial charge < -0.3 is 5.11 Å². The maximum Gasteiger partial charge on any atom is 0.0545 e. The summed E-state index contributed by atoms with van der Waals surface area (Å²) in [5.41, 5.74) is 0. The van der Waals surface area contributed by atoms with Crippen LogP contribution in [0.2, 0.25) is 0 Å². The van der Waals surface area contributed by atoms with E-state index in [1.165, 1.54) is 4.90 Å². The fraction of sp³-hybridized carbons (Fsp3) is 0.455. The van der Waals surface area contributed by atoms with Gasteiger partial charge in [0.1, 0.15) is 0 Å². The first-order chi connectivity index (χ1) is 6.20. The normalized spacial score (nSPS) is 15.3. The molecule has 1 nitrogen and oxygen atoms in total. The maximum absolute atomic E-state index is 9.29. The number of hydrogen-bond donors (Lipinski definition) is 1. The summed E-state index contributed by atoms with van der Waals surface area (Å²) in [7, 11) is 0. The Morgan fingerprint density at radius 3 is 2.38 bits per heavy atom. The number of thioether (sulfide) groups is 1. The molecule has 0 aliphatic carbocycles. The lowest BCUT2D eigenvalue weighted by Crippen LogP contribution is -2.14. The summed E-state index contributed by atoms with van der Waals surface area (Å²) in [5, 5.41) is 9.29. The molecule has 72 valence electrons. The van der Waals surface area contributed by atoms with Gasteiger partial charge in [0, 0.05) is 10.6 Å². The van der Waals surface area contributed by atoms with E-state index in [0.29, 0.717) is 5.92 Å². The molecule has 0 fully saturated rings. The Morgan fingerprint density at radius 2 is 1.85 bits per heavy atom. The smallest absolute Gasteiger partial charge is 0.0545 e. The highest BCUT2D eigenvalue weighted by molar-refractivity contribution is 7.99. The van der Waals surface area contributed by atoms with Gasteiger partial charge in [-0.15, -0.1) is 11.8 Å². The van der Waals surface area contributed by atoms with Gasteiger partial charge in [-0.1, -0.05) is 25.1 Å². The summed E-state index contributed by atoms with van der Waals surface area (Å²) >= 11 is 1.80. The van der Waals surface area contributed by atoms with E-state index in [4.69, 9.17) is 0 Å². The molecule has 0 heterocycles. The van der Waals surface area contributed by atoms with Crippen molar-refractivity contribution in [2.24, 2.45) is 5.92 Å². The van der Waals surface area contributed by atoms with Gasteiger partial charge in [0.15, 0.2) is 0 Å². The SMILES string of the molecule is C[C@@H](O)[C@@H](C)CSc1ccccc1. The molecule has 2 atom stereocenters. The van der Waals surface area contributed by atoms with Gasteiger partial charge in [0.2, 0.25) is 0 Å². The third-order valence-electron chi connectivity index (χ3n) is 2.08. The second-order valence-electron chi connectivity index (χ2n) is 3.34. The van der Waals surface area contributed by atoms with Crippen LogP contribution in [0.15, 0.2) is 35.2 Å². The van der Waals surface area contributed by atoms with E-state index in [0.717, 1.165) is 5.75 Å². The zero-order valence-electron chi connectivity index (χ0n) is 8.10. The Balaban J connectivity index is 2.35. The standard InChI is InChI=1S/C11H16OS/c1-9(10(2)12)8-13-11-6-4-3-5-7-11/h3-7,9-10,12H,8H2,1-2H3/t9-,10+/m0/s1. The number of aliphatic hydroxyl groups excluding tert-OH is 1. The Bertz CT molecular complexity index is 233. The molecule has 1 aromatic carbocycles. The third-order valence-corrected chi connectivity index (χ3v) is 3.38. The van der Waals surface area contributed by atoms with E-state index in [9.17, 15) is 5.11 Å². The van der Waals surface area contributed by atoms with E-state index in [2.05, 4.69) is 19.1 Å². The van der Waals surface area contributed by atoms with Crippen molar-refractivity contribution in [1.82, 2.24) is 0 Å². The highest BCUT2D eigenvalue weighted by atomic mass is 32.2. The average Bonchev–Trinajstić information content (AvgIpc) is 2.15. The predicted molar refractivity (Wildman–Crippen MR) is 58.0 cm³/mol. The number of aliphatic hydroxyl groups is 1. The lowest BCUT2D eigenvalue weighted by atomic mass is 10.1. The van der Waals surface area contributed by atoms with E-state index < -0.39 is 0 Å². The van der Waals surface area contributed by atoms with Crippen molar-refractivity contribution in [1.29, 1.82) is 0 Å². The van der Waals surface area contributed by atoms with Crippen molar-refractivity contribution < 1.29 is 5.11 Å². The van der Waals surface area contributed by atoms with Gasteiger partial charge >= 0.3 is 0 Å². The van der Waals surface area contributed by atoms with E-state index in [1.807, 2.05) is 25.1 Å². The van der Waals surface area contributed by atoms with Crippen LogP contribution < -0.4 is 0 Å². The first kappa shape index (κ1) is 10.6. The Kier molecular flexibility index (Phi) is 4.33. The molecule has 0 aromatic heterocycles. The van der Waals surface area contributed by atoms with Crippen molar-refractivity contribution in [3.05, 3.63) is 30.3 Å². The molecule has 1 N–H and O–H groups in total. The summed E-state index contributed by atoms with van der Waals surface area (Å²) in [5.74, 6) is 1.33. The Labute approximate surface area is 84.2 Å². The van der Waals surface area contributed by atoms with Crippen LogP contribution in [-0.4, -0.2) is 17.0 Å². The van der Waals surface area contributed by atoms with Crippen LogP contribution >= 0.6 is 11.8 Å². The van der Waals surface area contributed by atoms with Crippen molar-refractivity contribution in [3.63, 3.8) is 0 Å². The molecule has 0 bridgehead atoms. The molecule has 2 heteroatoms. The highest BCUT2D eigenvalue weighted by Gasteiger charge is 2.08. The molecular weight excluding hydrogens is 180 g/mol. The first-order valence-corrected chi connectivity index (χ1v) is 5.54. The third kappa shape index (κ3) is 3.83. The lowest BCUT2D eigenvalue weighted by molar-refractivity contribution is 0.147. The van der Waals surface area contributed by atoms with Crippen molar-refractivity contribution in [3.8, 4) is 0 Å². The monoisotopic (exact) mass is 196 g/mol. The zero-order chi connectivity index (χ0) is 9.68. The summed E-state index contributed by atoms with van der Waals surface area (Å²) in [4.78, 5) is 1.27. The van der Waals surface area contributed by atoms with Gasteiger partial charge in [-0.3, -0.25) is 0 Å². The minimum Gasteiger partial charge on any atom is -0.393 e. The summed E-state index contributed by atoms with van der Waals surface area (Å²) in [6, 6.07) is 10.3. The van der Waals surface area contributed by atoms with Crippen LogP contribution in [0.25, 0.3) is 0 Å². The maximum atomic E-state index is 9.29. The van der Waals surface area contributed by atoms with Crippen LogP contribution in [0.4, 0.5) is 0 Å². The topological polar surface area (TPSA) is 20.2 Å². The molecule has 0 spiro atoms. The molecule has 0 aliphatic heterocycles. The molecule has 0 saturated carbocycles. The number of rotatable bonds is 4. The van der Waals surface area contributed by atoms with Gasteiger partial charge in [-0.05, 0) is 25.0 Å². The first-order valence-electron chi connectivity index (χ1n) is 4.56. The van der Waals surface area contributed by atoms with Gasteiger partial charge in [-0.25, -0.2) is 0 Å². The highest BCUT2D eigenvalue weighted by Crippen LogP contribution is 2.21. The average molecular weight is 196 g/mol. The lowest BCUT2D eigenvalue weighted by Gasteiger charge is -2.13. The Hall–Kier alpha value is -0.470. The molecule has 0 aliphatic rings. The van der Waals surface area contributed by atoms with Crippen molar-refractivity contribution in [2.75, 3.05) is 5.75 Å². The quantitative estimate of drug-likeness (QED) is 0.747. The van der Waals surface area contributed by atoms with Crippen LogP contribution in [0, 0.1) is 5.92 Å². The largest absolute Gasteiger partial charge is 0.393 e. The van der Waals surface area contributed by atoms with Gasteiger partial charge in [-0.2, -0.15) is 0 Å². The molecule has 0 unspecified atom stereocenters. The van der Waals surface area contributed by atoms with Gasteiger partial charge in [0.25, 0.3) is 0 Å². The fourth-order valence-corrected chi connectivity index (χ4v) is 1.97. The Morgan fingerprint density at radius 1 is 1.23 bits per heavy atom. The molecule has 0 saturated heterocycles. The van der Waals surface area contributed by atoms with E-state index in [1.54, 1.807) is 11.8 Å². The van der Waals surface area contributed by atoms with E-state index in [-0.39, 0.29) is 6.10 Å². The van der Waals surface area contributed by atoms with Crippen molar-refractivity contribution >= 4 is 11.8 Å². The van der Waals surface area contributed by atoms with Crippen LogP contribution in [-0.2, 0) is 0 Å². The van der Waals surface area contributed by atoms with Crippen LogP contribution in [0.1, 0.15) is 13.8 Å². The fourth-order valence-electron chi connectivity index (χ4n) is 0.884. The van der Waals surface area contributed by atoms with E-state index >= 15 is 0 Å². The van der Waals surface area contributed by atoms with Crippen LogP contribution in [0.3, 0.4) is 0 Å². The second kappa shape index (κ2) is 5.30. The molecular formula is C11H16OS. The second-order valence-corrected chi connectivity index (χ2v) is 4.44. The van der Waals surface area contributed by atoms with Crippen LogP contribution in [0.5, 0.6) is 0 Å².